The zero-order valence-electron chi connectivity index (χ0n) is 10.9. The van der Waals surface area contributed by atoms with E-state index in [1.807, 2.05) is 0 Å². The monoisotopic (exact) mass is 238 g/mol. The fraction of sp³-hybridized carbons (Fsp3) is 1.00. The van der Waals surface area contributed by atoms with Gasteiger partial charge in [0.1, 0.15) is 0 Å². The molecule has 3 nitrogen and oxygen atoms in total. The van der Waals surface area contributed by atoms with Crippen LogP contribution >= 0.6 is 0 Å². The summed E-state index contributed by atoms with van der Waals surface area (Å²) in [6, 6.07) is 0.873. The summed E-state index contributed by atoms with van der Waals surface area (Å²) in [5.41, 5.74) is 0. The molecule has 1 unspecified atom stereocenters. The molecule has 17 heavy (non-hydrogen) atoms. The van der Waals surface area contributed by atoms with Gasteiger partial charge in [0.2, 0.25) is 0 Å². The molecule has 3 rings (SSSR count). The standard InChI is InChI=1S/C14H26N2O/c1-2-6-16-8-7-15(12-14(16)3-1)11-13-4-9-17-10-5-13/h13-14H,1-12H2. The van der Waals surface area contributed by atoms with Gasteiger partial charge in [-0.25, -0.2) is 0 Å². The van der Waals surface area contributed by atoms with Gasteiger partial charge in [0.15, 0.2) is 0 Å². The minimum Gasteiger partial charge on any atom is -0.381 e. The second-order valence-electron chi connectivity index (χ2n) is 6.00. The van der Waals surface area contributed by atoms with Crippen molar-refractivity contribution in [1.82, 2.24) is 9.80 Å². The predicted octanol–water partition coefficient (Wildman–Crippen LogP) is 1.58. The number of fused-ring (bicyclic) bond motifs is 1. The van der Waals surface area contributed by atoms with Crippen LogP contribution in [0.3, 0.4) is 0 Å². The third kappa shape index (κ3) is 3.01. The van der Waals surface area contributed by atoms with Crippen LogP contribution in [0.25, 0.3) is 0 Å². The molecule has 0 amide bonds. The molecule has 3 saturated heterocycles. The van der Waals surface area contributed by atoms with E-state index in [1.165, 1.54) is 64.8 Å². The lowest BCUT2D eigenvalue weighted by Gasteiger charge is -2.45. The van der Waals surface area contributed by atoms with Crippen LogP contribution in [0.4, 0.5) is 0 Å². The zero-order valence-corrected chi connectivity index (χ0v) is 10.9. The summed E-state index contributed by atoms with van der Waals surface area (Å²) in [7, 11) is 0. The number of nitrogens with zero attached hydrogens (tertiary/aromatic N) is 2. The van der Waals surface area contributed by atoms with E-state index in [0.717, 1.165) is 25.2 Å². The lowest BCUT2D eigenvalue weighted by Crippen LogP contribution is -2.55. The number of ether oxygens (including phenoxy) is 1. The van der Waals surface area contributed by atoms with Crippen molar-refractivity contribution in [3.8, 4) is 0 Å². The van der Waals surface area contributed by atoms with Gasteiger partial charge in [0.25, 0.3) is 0 Å². The first-order chi connectivity index (χ1) is 8.42. The Bertz CT molecular complexity index is 238. The molecular formula is C14H26N2O. The Balaban J connectivity index is 1.48. The topological polar surface area (TPSA) is 15.7 Å². The average molecular weight is 238 g/mol. The zero-order chi connectivity index (χ0) is 11.5. The van der Waals surface area contributed by atoms with Crippen molar-refractivity contribution < 1.29 is 4.74 Å². The van der Waals surface area contributed by atoms with E-state index in [1.54, 1.807) is 0 Å². The molecule has 3 aliphatic heterocycles. The van der Waals surface area contributed by atoms with Gasteiger partial charge in [-0.2, -0.15) is 0 Å². The normalized spacial score (nSPS) is 33.5. The molecule has 0 aromatic heterocycles. The van der Waals surface area contributed by atoms with E-state index in [-0.39, 0.29) is 0 Å². The lowest BCUT2D eigenvalue weighted by atomic mass is 9.96. The highest BCUT2D eigenvalue weighted by atomic mass is 16.5. The molecule has 0 bridgehead atoms. The van der Waals surface area contributed by atoms with Crippen LogP contribution in [0.2, 0.25) is 0 Å². The Hall–Kier alpha value is -0.120. The van der Waals surface area contributed by atoms with Crippen molar-refractivity contribution in [2.45, 2.75) is 38.1 Å². The van der Waals surface area contributed by atoms with Crippen molar-refractivity contribution in [2.75, 3.05) is 45.9 Å². The summed E-state index contributed by atoms with van der Waals surface area (Å²) < 4.78 is 5.45. The Labute approximate surface area is 105 Å². The lowest BCUT2D eigenvalue weighted by molar-refractivity contribution is 0.0174. The molecule has 0 saturated carbocycles. The van der Waals surface area contributed by atoms with E-state index in [2.05, 4.69) is 9.80 Å². The summed E-state index contributed by atoms with van der Waals surface area (Å²) in [5, 5.41) is 0. The smallest absolute Gasteiger partial charge is 0.0469 e. The molecule has 0 spiro atoms. The van der Waals surface area contributed by atoms with Crippen molar-refractivity contribution in [2.24, 2.45) is 5.92 Å². The second-order valence-corrected chi connectivity index (χ2v) is 6.00. The summed E-state index contributed by atoms with van der Waals surface area (Å²) in [5.74, 6) is 0.902. The SMILES string of the molecule is C1CCN2CCN(CC3CCOCC3)CC2C1. The first-order valence-corrected chi connectivity index (χ1v) is 7.46. The third-order valence-corrected chi connectivity index (χ3v) is 4.78. The third-order valence-electron chi connectivity index (χ3n) is 4.78. The fourth-order valence-corrected chi connectivity index (χ4v) is 3.68. The molecule has 3 heterocycles. The molecule has 3 fully saturated rings. The van der Waals surface area contributed by atoms with Crippen LogP contribution in [0.15, 0.2) is 0 Å². The van der Waals surface area contributed by atoms with Gasteiger partial charge < -0.3 is 9.64 Å². The van der Waals surface area contributed by atoms with Gasteiger partial charge in [0, 0.05) is 45.4 Å². The highest BCUT2D eigenvalue weighted by Gasteiger charge is 2.29. The van der Waals surface area contributed by atoms with Gasteiger partial charge in [-0.3, -0.25) is 4.90 Å². The number of piperazine rings is 1. The maximum absolute atomic E-state index is 5.45. The van der Waals surface area contributed by atoms with Crippen LogP contribution < -0.4 is 0 Å². The van der Waals surface area contributed by atoms with Gasteiger partial charge in [-0.1, -0.05) is 6.42 Å². The Kier molecular flexibility index (Phi) is 3.99. The highest BCUT2D eigenvalue weighted by molar-refractivity contribution is 4.86. The summed E-state index contributed by atoms with van der Waals surface area (Å²) in [6.07, 6.45) is 6.88. The maximum atomic E-state index is 5.45. The van der Waals surface area contributed by atoms with Crippen molar-refractivity contribution >= 4 is 0 Å². The summed E-state index contributed by atoms with van der Waals surface area (Å²) in [4.78, 5) is 5.45. The predicted molar refractivity (Wildman–Crippen MR) is 69.2 cm³/mol. The Morgan fingerprint density at radius 2 is 1.82 bits per heavy atom. The number of rotatable bonds is 2. The molecule has 0 aromatic carbocycles. The van der Waals surface area contributed by atoms with E-state index in [4.69, 9.17) is 4.74 Å². The van der Waals surface area contributed by atoms with E-state index in [0.29, 0.717) is 0 Å². The Morgan fingerprint density at radius 1 is 0.941 bits per heavy atom. The fourth-order valence-electron chi connectivity index (χ4n) is 3.68. The van der Waals surface area contributed by atoms with Crippen LogP contribution in [0.5, 0.6) is 0 Å². The largest absolute Gasteiger partial charge is 0.381 e. The molecule has 1 atom stereocenters. The maximum Gasteiger partial charge on any atom is 0.0469 e. The van der Waals surface area contributed by atoms with Crippen molar-refractivity contribution in [1.29, 1.82) is 0 Å². The van der Waals surface area contributed by atoms with Crippen LogP contribution in [-0.4, -0.2) is 61.8 Å². The van der Waals surface area contributed by atoms with Crippen LogP contribution in [-0.2, 0) is 4.74 Å². The average Bonchev–Trinajstić information content (AvgIpc) is 2.40. The van der Waals surface area contributed by atoms with Gasteiger partial charge in [-0.05, 0) is 38.1 Å². The molecule has 0 N–H and O–H groups in total. The summed E-state index contributed by atoms with van der Waals surface area (Å²) in [6.45, 7) is 8.62. The summed E-state index contributed by atoms with van der Waals surface area (Å²) >= 11 is 0. The molecular weight excluding hydrogens is 212 g/mol. The van der Waals surface area contributed by atoms with E-state index < -0.39 is 0 Å². The quantitative estimate of drug-likeness (QED) is 0.726. The van der Waals surface area contributed by atoms with Crippen LogP contribution in [0.1, 0.15) is 32.1 Å². The van der Waals surface area contributed by atoms with Gasteiger partial charge >= 0.3 is 0 Å². The minimum atomic E-state index is 0.873. The Morgan fingerprint density at radius 3 is 2.71 bits per heavy atom. The number of hydrogen-bond donors (Lipinski definition) is 0. The molecule has 0 aromatic rings. The molecule has 3 heteroatoms. The van der Waals surface area contributed by atoms with Crippen molar-refractivity contribution in [3.63, 3.8) is 0 Å². The van der Waals surface area contributed by atoms with Crippen molar-refractivity contribution in [3.05, 3.63) is 0 Å². The van der Waals surface area contributed by atoms with Crippen LogP contribution in [0, 0.1) is 5.92 Å². The molecule has 98 valence electrons. The van der Waals surface area contributed by atoms with Gasteiger partial charge in [-0.15, -0.1) is 0 Å². The molecule has 3 aliphatic rings. The minimum absolute atomic E-state index is 0.873. The second kappa shape index (κ2) is 5.68. The number of hydrogen-bond acceptors (Lipinski definition) is 3. The first-order valence-electron chi connectivity index (χ1n) is 7.46. The van der Waals surface area contributed by atoms with E-state index >= 15 is 0 Å². The number of piperidine rings is 1. The van der Waals surface area contributed by atoms with Gasteiger partial charge in [0.05, 0.1) is 0 Å². The van der Waals surface area contributed by atoms with E-state index in [9.17, 15) is 0 Å². The molecule has 0 aliphatic carbocycles. The molecule has 0 radical (unpaired) electrons. The highest BCUT2D eigenvalue weighted by Crippen LogP contribution is 2.23. The first kappa shape index (κ1) is 11.9.